The lowest BCUT2D eigenvalue weighted by Crippen LogP contribution is -2.34. The summed E-state index contributed by atoms with van der Waals surface area (Å²) in [5.74, 6) is -0.486. The molecule has 0 aliphatic carbocycles. The number of para-hydroxylation sites is 4. The normalized spacial score (nSPS) is 10.7. The molecule has 0 aliphatic heterocycles. The zero-order chi connectivity index (χ0) is 24.8. The molecule has 9 heteroatoms. The van der Waals surface area contributed by atoms with Crippen LogP contribution in [0.4, 0.5) is 10.1 Å². The molecular weight excluding hydrogens is 467 g/mol. The van der Waals surface area contributed by atoms with Gasteiger partial charge in [-0.15, -0.1) is 0 Å². The van der Waals surface area contributed by atoms with Gasteiger partial charge in [-0.05, 0) is 36.4 Å². The molecule has 0 bridgehead atoms. The lowest BCUT2D eigenvalue weighted by molar-refractivity contribution is -0.116. The molecule has 0 fully saturated rings. The SMILES string of the molecule is COc1ccccc1N(CCC#N)C(=O)CSc1nc2ccccc2c(=O)n1-c1ccccc1F. The molecule has 1 heterocycles. The number of anilines is 1. The number of rotatable bonds is 8. The average molecular weight is 489 g/mol. The van der Waals surface area contributed by atoms with Crippen LogP contribution in [-0.4, -0.2) is 34.9 Å². The third-order valence-corrected chi connectivity index (χ3v) is 6.21. The number of fused-ring (bicyclic) bond motifs is 1. The van der Waals surface area contributed by atoms with Crippen molar-refractivity contribution in [3.8, 4) is 17.5 Å². The molecule has 4 aromatic rings. The number of halogens is 1. The number of thioether (sulfide) groups is 1. The molecule has 0 unspecified atom stereocenters. The number of methoxy groups -OCH3 is 1. The predicted octanol–water partition coefficient (Wildman–Crippen LogP) is 4.57. The second-order valence-electron chi connectivity index (χ2n) is 7.42. The van der Waals surface area contributed by atoms with Crippen LogP contribution in [-0.2, 0) is 4.79 Å². The summed E-state index contributed by atoms with van der Waals surface area (Å²) >= 11 is 1.03. The second kappa shape index (κ2) is 10.8. The van der Waals surface area contributed by atoms with Crippen LogP contribution in [0.25, 0.3) is 16.6 Å². The minimum Gasteiger partial charge on any atom is -0.495 e. The highest BCUT2D eigenvalue weighted by Gasteiger charge is 2.22. The molecule has 0 aliphatic rings. The van der Waals surface area contributed by atoms with Crippen LogP contribution in [0.15, 0.2) is 82.7 Å². The fraction of sp³-hybridized carbons (Fsp3) is 0.154. The molecule has 0 spiro atoms. The Balaban J connectivity index is 1.73. The van der Waals surface area contributed by atoms with Gasteiger partial charge in [-0.1, -0.05) is 48.2 Å². The smallest absolute Gasteiger partial charge is 0.266 e. The van der Waals surface area contributed by atoms with Gasteiger partial charge in [0.25, 0.3) is 5.56 Å². The van der Waals surface area contributed by atoms with Crippen LogP contribution >= 0.6 is 11.8 Å². The van der Waals surface area contributed by atoms with Crippen molar-refractivity contribution in [2.24, 2.45) is 0 Å². The van der Waals surface area contributed by atoms with Gasteiger partial charge in [0.05, 0.1) is 47.6 Å². The van der Waals surface area contributed by atoms with E-state index >= 15 is 0 Å². The van der Waals surface area contributed by atoms with Gasteiger partial charge in [-0.2, -0.15) is 5.26 Å². The van der Waals surface area contributed by atoms with Gasteiger partial charge in [-0.3, -0.25) is 14.2 Å². The van der Waals surface area contributed by atoms with Crippen LogP contribution in [0.3, 0.4) is 0 Å². The van der Waals surface area contributed by atoms with Crippen LogP contribution in [0.1, 0.15) is 6.42 Å². The Morgan fingerprint density at radius 3 is 2.60 bits per heavy atom. The summed E-state index contributed by atoms with van der Waals surface area (Å²) in [6, 6.07) is 21.8. The van der Waals surface area contributed by atoms with Crippen molar-refractivity contribution in [1.82, 2.24) is 9.55 Å². The molecular formula is C26H21FN4O3S. The first-order chi connectivity index (χ1) is 17.0. The second-order valence-corrected chi connectivity index (χ2v) is 8.36. The standard InChI is InChI=1S/C26H21FN4O3S/c1-34-23-14-7-6-13-22(23)30(16-8-15-28)24(32)17-35-26-29-20-11-4-2-9-18(20)25(33)31(26)21-12-5-3-10-19(21)27/h2-7,9-14H,8,16-17H2,1H3. The maximum Gasteiger partial charge on any atom is 0.266 e. The number of hydrogen-bond acceptors (Lipinski definition) is 6. The van der Waals surface area contributed by atoms with Gasteiger partial charge in [-0.25, -0.2) is 9.37 Å². The summed E-state index contributed by atoms with van der Waals surface area (Å²) < 4.78 is 21.3. The Hall–Kier alpha value is -4.16. The zero-order valence-electron chi connectivity index (χ0n) is 18.8. The summed E-state index contributed by atoms with van der Waals surface area (Å²) in [6.07, 6.45) is 0.128. The molecule has 0 saturated heterocycles. The topological polar surface area (TPSA) is 88.2 Å². The van der Waals surface area contributed by atoms with E-state index in [0.29, 0.717) is 22.3 Å². The van der Waals surface area contributed by atoms with Crippen LogP contribution in [0, 0.1) is 17.1 Å². The van der Waals surface area contributed by atoms with E-state index in [2.05, 4.69) is 11.1 Å². The van der Waals surface area contributed by atoms with E-state index in [9.17, 15) is 14.0 Å². The van der Waals surface area contributed by atoms with Gasteiger partial charge in [0.2, 0.25) is 5.91 Å². The Morgan fingerprint density at radius 1 is 1.11 bits per heavy atom. The van der Waals surface area contributed by atoms with E-state index in [-0.39, 0.29) is 35.5 Å². The molecule has 35 heavy (non-hydrogen) atoms. The molecule has 0 radical (unpaired) electrons. The van der Waals surface area contributed by atoms with E-state index in [1.807, 2.05) is 0 Å². The predicted molar refractivity (Wildman–Crippen MR) is 134 cm³/mol. The van der Waals surface area contributed by atoms with Crippen LogP contribution in [0.2, 0.25) is 0 Å². The van der Waals surface area contributed by atoms with Gasteiger partial charge in [0, 0.05) is 6.54 Å². The highest BCUT2D eigenvalue weighted by Crippen LogP contribution is 2.29. The summed E-state index contributed by atoms with van der Waals surface area (Å²) in [7, 11) is 1.51. The van der Waals surface area contributed by atoms with E-state index in [4.69, 9.17) is 10.00 Å². The van der Waals surface area contributed by atoms with Gasteiger partial charge < -0.3 is 9.64 Å². The highest BCUT2D eigenvalue weighted by atomic mass is 32.2. The molecule has 4 rings (SSSR count). The third-order valence-electron chi connectivity index (χ3n) is 5.29. The zero-order valence-corrected chi connectivity index (χ0v) is 19.7. The quantitative estimate of drug-likeness (QED) is 0.267. The maximum atomic E-state index is 14.7. The van der Waals surface area contributed by atoms with Crippen LogP contribution in [0.5, 0.6) is 5.75 Å². The van der Waals surface area contributed by atoms with Crippen molar-refractivity contribution in [2.75, 3.05) is 24.3 Å². The van der Waals surface area contributed by atoms with Crippen molar-refractivity contribution < 1.29 is 13.9 Å². The fourth-order valence-corrected chi connectivity index (χ4v) is 4.53. The number of nitrogens with zero attached hydrogens (tertiary/aromatic N) is 4. The summed E-state index contributed by atoms with van der Waals surface area (Å²) in [5, 5.41) is 9.62. The van der Waals surface area contributed by atoms with Crippen molar-refractivity contribution in [3.63, 3.8) is 0 Å². The Morgan fingerprint density at radius 2 is 1.83 bits per heavy atom. The Bertz CT molecular complexity index is 1480. The largest absolute Gasteiger partial charge is 0.495 e. The third kappa shape index (κ3) is 5.03. The van der Waals surface area contributed by atoms with Gasteiger partial charge >= 0.3 is 0 Å². The molecule has 0 N–H and O–H groups in total. The van der Waals surface area contributed by atoms with E-state index in [1.165, 1.54) is 34.8 Å². The number of amides is 1. The number of hydrogen-bond donors (Lipinski definition) is 0. The van der Waals surface area contributed by atoms with Crippen LogP contribution < -0.4 is 15.2 Å². The monoisotopic (exact) mass is 488 g/mol. The highest BCUT2D eigenvalue weighted by molar-refractivity contribution is 7.99. The molecule has 1 aromatic heterocycles. The lowest BCUT2D eigenvalue weighted by atomic mass is 10.2. The van der Waals surface area contributed by atoms with E-state index < -0.39 is 11.4 Å². The van der Waals surface area contributed by atoms with Gasteiger partial charge in [0.15, 0.2) is 5.16 Å². The van der Waals surface area contributed by atoms with Crippen molar-refractivity contribution >= 4 is 34.3 Å². The molecule has 1 amide bonds. The van der Waals surface area contributed by atoms with E-state index in [0.717, 1.165) is 11.8 Å². The Labute approximate surface area is 205 Å². The molecule has 0 atom stereocenters. The number of ether oxygens (including phenoxy) is 1. The molecule has 176 valence electrons. The minimum absolute atomic E-state index is 0.0526. The maximum absolute atomic E-state index is 14.7. The fourth-order valence-electron chi connectivity index (χ4n) is 3.65. The first-order valence-corrected chi connectivity index (χ1v) is 11.7. The van der Waals surface area contributed by atoms with Gasteiger partial charge in [0.1, 0.15) is 11.6 Å². The molecule has 3 aromatic carbocycles. The number of benzene rings is 3. The number of carbonyl (C=O) groups is 1. The van der Waals surface area contributed by atoms with Crippen molar-refractivity contribution in [3.05, 3.63) is 89.0 Å². The Kier molecular flexibility index (Phi) is 7.43. The first-order valence-electron chi connectivity index (χ1n) is 10.7. The number of carbonyl (C=O) groups excluding carboxylic acids is 1. The molecule has 7 nitrogen and oxygen atoms in total. The molecule has 0 saturated carbocycles. The number of aromatic nitrogens is 2. The summed E-state index contributed by atoms with van der Waals surface area (Å²) in [5.41, 5.74) is 0.610. The minimum atomic E-state index is -0.579. The van der Waals surface area contributed by atoms with Crippen molar-refractivity contribution in [2.45, 2.75) is 11.6 Å². The number of nitriles is 1. The summed E-state index contributed by atoms with van der Waals surface area (Å²) in [6.45, 7) is 0.168. The van der Waals surface area contributed by atoms with Crippen molar-refractivity contribution in [1.29, 1.82) is 5.26 Å². The van der Waals surface area contributed by atoms with E-state index in [1.54, 1.807) is 54.6 Å². The summed E-state index contributed by atoms with van der Waals surface area (Å²) in [4.78, 5) is 32.7. The average Bonchev–Trinajstić information content (AvgIpc) is 2.88. The first kappa shape index (κ1) is 24.0. The lowest BCUT2D eigenvalue weighted by Gasteiger charge is -2.24.